The van der Waals surface area contributed by atoms with E-state index in [1.807, 2.05) is 18.2 Å². The van der Waals surface area contributed by atoms with Crippen LogP contribution < -0.4 is 38.2 Å². The Morgan fingerprint density at radius 2 is 1.97 bits per heavy atom. The Morgan fingerprint density at radius 3 is 2.76 bits per heavy atom. The van der Waals surface area contributed by atoms with Gasteiger partial charge in [0.25, 0.3) is 0 Å². The standard InChI is InChI=1S/C23H21N2O2S.HI/c1-4-25-16(10-9-15-13-17(26-3)11-12-19(15)25)14-21-24(2)22-18-7-5-6-8-20(18)27-23(22)28-21;/h5-14H,4H2,1-3H3;1H/q+1;/p-1. The molecule has 4 nitrogen and oxygen atoms in total. The summed E-state index contributed by atoms with van der Waals surface area (Å²) in [6.45, 7) is 3.07. The third kappa shape index (κ3) is 3.28. The number of halogens is 1. The van der Waals surface area contributed by atoms with Crippen molar-refractivity contribution in [1.29, 1.82) is 0 Å². The minimum atomic E-state index is 0. The van der Waals surface area contributed by atoms with E-state index in [0.717, 1.165) is 39.1 Å². The Balaban J connectivity index is 0.00000205. The minimum Gasteiger partial charge on any atom is -1.00 e. The van der Waals surface area contributed by atoms with Crippen LogP contribution in [0.15, 0.2) is 69.1 Å². The van der Waals surface area contributed by atoms with Crippen molar-refractivity contribution >= 4 is 45.4 Å². The van der Waals surface area contributed by atoms with Crippen molar-refractivity contribution in [3.05, 3.63) is 65.3 Å². The lowest BCUT2D eigenvalue weighted by atomic mass is 10.1. The lowest BCUT2D eigenvalue weighted by molar-refractivity contribution is -0.669. The van der Waals surface area contributed by atoms with Crippen LogP contribution in [0.25, 0.3) is 27.9 Å². The number of ether oxygens (including phenoxy) is 1. The summed E-state index contributed by atoms with van der Waals surface area (Å²) in [4.78, 5) is 2.23. The first-order valence-corrected chi connectivity index (χ1v) is 10.2. The van der Waals surface area contributed by atoms with Gasteiger partial charge in [-0.3, -0.25) is 0 Å². The molecule has 0 radical (unpaired) electrons. The maximum absolute atomic E-state index is 6.06. The van der Waals surface area contributed by atoms with Crippen LogP contribution in [0.4, 0.5) is 5.69 Å². The Kier molecular flexibility index (Phi) is 5.48. The van der Waals surface area contributed by atoms with Crippen molar-refractivity contribution < 1.29 is 37.7 Å². The summed E-state index contributed by atoms with van der Waals surface area (Å²) in [6, 6.07) is 18.8. The highest BCUT2D eigenvalue weighted by atomic mass is 127. The maximum atomic E-state index is 6.06. The molecule has 0 saturated carbocycles. The molecule has 0 bridgehead atoms. The number of furan rings is 1. The van der Waals surface area contributed by atoms with Crippen LogP contribution in [0.3, 0.4) is 0 Å². The van der Waals surface area contributed by atoms with Gasteiger partial charge >= 0.3 is 0 Å². The third-order valence-electron chi connectivity index (χ3n) is 5.26. The topological polar surface area (TPSA) is 29.5 Å². The number of pyridine rings is 1. The fourth-order valence-corrected chi connectivity index (χ4v) is 4.92. The summed E-state index contributed by atoms with van der Waals surface area (Å²) in [6.07, 6.45) is 2.24. The highest BCUT2D eigenvalue weighted by Crippen LogP contribution is 2.50. The molecular weight excluding hydrogens is 495 g/mol. The van der Waals surface area contributed by atoms with Crippen LogP contribution >= 0.6 is 11.8 Å². The smallest absolute Gasteiger partial charge is 0.213 e. The number of thioether (sulfide) groups is 1. The zero-order chi connectivity index (χ0) is 19.3. The van der Waals surface area contributed by atoms with E-state index in [1.165, 1.54) is 16.6 Å². The second-order valence-corrected chi connectivity index (χ2v) is 7.80. The molecule has 2 aromatic carbocycles. The SMILES string of the molecule is CC[n+]1c(/C=C2\Sc3oc4ccccc4c3N2C)ccc2cc(OC)ccc21.[I-]. The van der Waals surface area contributed by atoms with Gasteiger partial charge in [0.1, 0.15) is 23.6 Å². The van der Waals surface area contributed by atoms with Crippen LogP contribution in [0.2, 0.25) is 0 Å². The van der Waals surface area contributed by atoms with Crippen LogP contribution in [0.1, 0.15) is 12.6 Å². The third-order valence-corrected chi connectivity index (χ3v) is 6.32. The summed E-state index contributed by atoms with van der Waals surface area (Å²) in [5, 5.41) is 4.46. The van der Waals surface area contributed by atoms with Gasteiger partial charge in [-0.05, 0) is 49.0 Å². The molecule has 0 unspecified atom stereocenters. The molecule has 6 heteroatoms. The zero-order valence-corrected chi connectivity index (χ0v) is 19.5. The number of anilines is 1. The average molecular weight is 516 g/mol. The van der Waals surface area contributed by atoms with Crippen LogP contribution in [-0.4, -0.2) is 14.2 Å². The van der Waals surface area contributed by atoms with Crippen molar-refractivity contribution in [3.63, 3.8) is 0 Å². The molecule has 0 saturated heterocycles. The van der Waals surface area contributed by atoms with Gasteiger partial charge < -0.3 is 38.0 Å². The number of rotatable bonds is 3. The van der Waals surface area contributed by atoms with Gasteiger partial charge in [0, 0.05) is 30.6 Å². The molecular formula is C23H21IN2O2S. The molecule has 4 aromatic rings. The Labute approximate surface area is 191 Å². The normalized spacial score (nSPS) is 14.4. The first-order chi connectivity index (χ1) is 13.7. The van der Waals surface area contributed by atoms with E-state index in [0.29, 0.717) is 0 Å². The second-order valence-electron chi connectivity index (χ2n) is 6.81. The van der Waals surface area contributed by atoms with E-state index in [1.54, 1.807) is 18.9 Å². The molecule has 1 aliphatic rings. The van der Waals surface area contributed by atoms with Crippen LogP contribution in [0, 0.1) is 0 Å². The zero-order valence-electron chi connectivity index (χ0n) is 16.5. The van der Waals surface area contributed by atoms with E-state index in [2.05, 4.69) is 65.9 Å². The molecule has 2 aromatic heterocycles. The Hall–Kier alpha value is -2.19. The quantitative estimate of drug-likeness (QED) is 0.309. The molecule has 0 amide bonds. The molecule has 29 heavy (non-hydrogen) atoms. The lowest BCUT2D eigenvalue weighted by Gasteiger charge is -2.13. The molecule has 0 aliphatic carbocycles. The molecule has 0 spiro atoms. The Morgan fingerprint density at radius 1 is 1.14 bits per heavy atom. The fourth-order valence-electron chi connectivity index (χ4n) is 3.84. The summed E-state index contributed by atoms with van der Waals surface area (Å²) < 4.78 is 13.8. The fraction of sp³-hybridized carbons (Fsp3) is 0.174. The van der Waals surface area contributed by atoms with Crippen molar-refractivity contribution in [2.24, 2.45) is 0 Å². The summed E-state index contributed by atoms with van der Waals surface area (Å²) >= 11 is 1.68. The van der Waals surface area contributed by atoms with Gasteiger partial charge in [0.05, 0.1) is 17.5 Å². The first kappa shape index (κ1) is 20.1. The summed E-state index contributed by atoms with van der Waals surface area (Å²) in [5.74, 6) is 0.878. The molecule has 0 N–H and O–H groups in total. The number of aromatic nitrogens is 1. The largest absolute Gasteiger partial charge is 1.00 e. The number of fused-ring (bicyclic) bond motifs is 4. The maximum Gasteiger partial charge on any atom is 0.213 e. The minimum absolute atomic E-state index is 0. The first-order valence-electron chi connectivity index (χ1n) is 9.35. The second kappa shape index (κ2) is 7.91. The van der Waals surface area contributed by atoms with Gasteiger partial charge in [0.15, 0.2) is 5.09 Å². The number of nitrogens with zero attached hydrogens (tertiary/aromatic N) is 2. The highest BCUT2D eigenvalue weighted by Gasteiger charge is 2.29. The number of hydrogen-bond acceptors (Lipinski definition) is 4. The predicted octanol–water partition coefficient (Wildman–Crippen LogP) is 2.45. The molecule has 1 aliphatic heterocycles. The average Bonchev–Trinajstić information content (AvgIpc) is 3.23. The van der Waals surface area contributed by atoms with E-state index in [4.69, 9.17) is 9.15 Å². The number of methoxy groups -OCH3 is 1. The van der Waals surface area contributed by atoms with Crippen molar-refractivity contribution in [3.8, 4) is 5.75 Å². The molecule has 5 rings (SSSR count). The van der Waals surface area contributed by atoms with Gasteiger partial charge in [-0.1, -0.05) is 12.1 Å². The Bertz CT molecular complexity index is 1250. The van der Waals surface area contributed by atoms with Crippen molar-refractivity contribution in [2.75, 3.05) is 19.1 Å². The molecule has 148 valence electrons. The predicted molar refractivity (Wildman–Crippen MR) is 115 cm³/mol. The van der Waals surface area contributed by atoms with Gasteiger partial charge in [-0.2, -0.15) is 4.57 Å². The van der Waals surface area contributed by atoms with E-state index in [-0.39, 0.29) is 24.0 Å². The number of benzene rings is 2. The highest BCUT2D eigenvalue weighted by molar-refractivity contribution is 8.03. The van der Waals surface area contributed by atoms with Crippen LogP contribution in [0.5, 0.6) is 5.75 Å². The molecule has 0 atom stereocenters. The lowest BCUT2D eigenvalue weighted by Crippen LogP contribution is -3.00. The van der Waals surface area contributed by atoms with E-state index < -0.39 is 0 Å². The number of hydrogen-bond donors (Lipinski definition) is 0. The number of para-hydroxylation sites is 1. The summed E-state index contributed by atoms with van der Waals surface area (Å²) in [7, 11) is 3.81. The van der Waals surface area contributed by atoms with Crippen LogP contribution in [-0.2, 0) is 6.54 Å². The van der Waals surface area contributed by atoms with E-state index in [9.17, 15) is 0 Å². The molecule has 0 fully saturated rings. The van der Waals surface area contributed by atoms with Crippen molar-refractivity contribution in [1.82, 2.24) is 0 Å². The summed E-state index contributed by atoms with van der Waals surface area (Å²) in [5.41, 5.74) is 4.46. The number of aryl methyl sites for hydroxylation is 1. The molecule has 3 heterocycles. The monoisotopic (exact) mass is 516 g/mol. The van der Waals surface area contributed by atoms with Gasteiger partial charge in [-0.15, -0.1) is 0 Å². The van der Waals surface area contributed by atoms with Gasteiger partial charge in [0.2, 0.25) is 11.2 Å². The van der Waals surface area contributed by atoms with E-state index >= 15 is 0 Å². The van der Waals surface area contributed by atoms with Gasteiger partial charge in [-0.25, -0.2) is 0 Å². The van der Waals surface area contributed by atoms with Crippen molar-refractivity contribution in [2.45, 2.75) is 18.6 Å².